The van der Waals surface area contributed by atoms with Gasteiger partial charge in [-0.2, -0.15) is 13.2 Å². The number of hydrogen-bond donors (Lipinski definition) is 1. The molecule has 1 aliphatic heterocycles. The number of benzene rings is 2. The summed E-state index contributed by atoms with van der Waals surface area (Å²) in [4.78, 5) is 26.8. The predicted molar refractivity (Wildman–Crippen MR) is 107 cm³/mol. The zero-order valence-corrected chi connectivity index (χ0v) is 16.8. The van der Waals surface area contributed by atoms with Gasteiger partial charge in [-0.15, -0.1) is 0 Å². The highest BCUT2D eigenvalue weighted by Crippen LogP contribution is 2.33. The molecule has 1 saturated carbocycles. The van der Waals surface area contributed by atoms with E-state index in [4.69, 9.17) is 0 Å². The Morgan fingerprint density at radius 3 is 2.55 bits per heavy atom. The molecule has 1 N–H and O–H groups in total. The Morgan fingerprint density at radius 1 is 1.13 bits per heavy atom. The van der Waals surface area contributed by atoms with Gasteiger partial charge in [-0.25, -0.2) is 4.39 Å². The van der Waals surface area contributed by atoms with Gasteiger partial charge in [-0.05, 0) is 54.2 Å². The number of amides is 2. The molecular formula is C23H22F4N2O2. The summed E-state index contributed by atoms with van der Waals surface area (Å²) < 4.78 is 51.8. The van der Waals surface area contributed by atoms with E-state index in [1.54, 1.807) is 12.1 Å². The number of fused-ring (bicyclic) bond motifs is 1. The molecule has 2 aromatic carbocycles. The lowest BCUT2D eigenvalue weighted by Gasteiger charge is -2.35. The van der Waals surface area contributed by atoms with Gasteiger partial charge in [0.2, 0.25) is 11.8 Å². The standard InChI is InChI=1S/C23H22F4N2O2/c24-19-11-14(7-8-18(19)23(25,26)27)12-21(30)28-20-6-2-5-16-13-29(10-9-17(16)20)22(31)15-3-1-4-15/h2,5-8,11,15H,1,3-4,9-10,12-13H2,(H,28,30). The fraction of sp³-hybridized carbons (Fsp3) is 0.391. The third kappa shape index (κ3) is 4.57. The summed E-state index contributed by atoms with van der Waals surface area (Å²) in [6, 6.07) is 7.98. The summed E-state index contributed by atoms with van der Waals surface area (Å²) in [5.74, 6) is -1.52. The molecule has 8 heteroatoms. The van der Waals surface area contributed by atoms with Crippen LogP contribution in [0.4, 0.5) is 23.2 Å². The molecule has 0 unspecified atom stereocenters. The van der Waals surface area contributed by atoms with E-state index in [0.29, 0.717) is 31.3 Å². The molecule has 164 valence electrons. The van der Waals surface area contributed by atoms with E-state index in [1.807, 2.05) is 11.0 Å². The van der Waals surface area contributed by atoms with Crippen LogP contribution in [-0.2, 0) is 35.2 Å². The van der Waals surface area contributed by atoms with Gasteiger partial charge >= 0.3 is 6.18 Å². The number of nitrogens with one attached hydrogen (secondary N) is 1. The smallest absolute Gasteiger partial charge is 0.338 e. The molecule has 2 amide bonds. The van der Waals surface area contributed by atoms with Crippen LogP contribution in [-0.4, -0.2) is 23.3 Å². The predicted octanol–water partition coefficient (Wildman–Crippen LogP) is 4.71. The molecule has 0 aromatic heterocycles. The minimum atomic E-state index is -4.78. The quantitative estimate of drug-likeness (QED) is 0.709. The summed E-state index contributed by atoms with van der Waals surface area (Å²) in [6.07, 6.45) is -1.42. The molecule has 1 aliphatic carbocycles. The van der Waals surface area contributed by atoms with Crippen LogP contribution >= 0.6 is 0 Å². The maximum absolute atomic E-state index is 13.8. The molecule has 0 bridgehead atoms. The SMILES string of the molecule is O=C(Cc1ccc(C(F)(F)F)c(F)c1)Nc1cccc2c1CCN(C(=O)C1CCC1)C2. The van der Waals surface area contributed by atoms with Crippen LogP contribution in [0.2, 0.25) is 0 Å². The second-order valence-electron chi connectivity index (χ2n) is 8.12. The van der Waals surface area contributed by atoms with Crippen LogP contribution in [0.1, 0.15) is 41.5 Å². The monoisotopic (exact) mass is 434 g/mol. The van der Waals surface area contributed by atoms with Crippen LogP contribution in [0.5, 0.6) is 0 Å². The Labute approximate surface area is 177 Å². The Morgan fingerprint density at radius 2 is 1.90 bits per heavy atom. The van der Waals surface area contributed by atoms with Crippen LogP contribution in [0, 0.1) is 11.7 Å². The number of alkyl halides is 3. The van der Waals surface area contributed by atoms with Crippen LogP contribution in [0.3, 0.4) is 0 Å². The van der Waals surface area contributed by atoms with Crippen LogP contribution in [0.25, 0.3) is 0 Å². The number of nitrogens with zero attached hydrogens (tertiary/aromatic N) is 1. The third-order valence-corrected chi connectivity index (χ3v) is 6.01. The second-order valence-corrected chi connectivity index (χ2v) is 8.12. The lowest BCUT2D eigenvalue weighted by Crippen LogP contribution is -2.42. The maximum Gasteiger partial charge on any atom is 0.419 e. The van der Waals surface area contributed by atoms with Gasteiger partial charge in [0.05, 0.1) is 12.0 Å². The van der Waals surface area contributed by atoms with E-state index in [0.717, 1.165) is 42.5 Å². The Kier molecular flexibility index (Phi) is 5.73. The number of carbonyl (C=O) groups excluding carboxylic acids is 2. The molecule has 0 spiro atoms. The van der Waals surface area contributed by atoms with Gasteiger partial charge in [0.15, 0.2) is 0 Å². The second kappa shape index (κ2) is 8.32. The molecule has 31 heavy (non-hydrogen) atoms. The van der Waals surface area contributed by atoms with Gasteiger partial charge < -0.3 is 10.2 Å². The van der Waals surface area contributed by atoms with Crippen molar-refractivity contribution in [1.82, 2.24) is 4.90 Å². The zero-order valence-electron chi connectivity index (χ0n) is 16.8. The summed E-state index contributed by atoms with van der Waals surface area (Å²) in [6.45, 7) is 1.08. The zero-order chi connectivity index (χ0) is 22.2. The van der Waals surface area contributed by atoms with E-state index < -0.39 is 23.5 Å². The van der Waals surface area contributed by atoms with Crippen molar-refractivity contribution in [2.45, 2.75) is 44.8 Å². The van der Waals surface area contributed by atoms with Gasteiger partial charge in [0.25, 0.3) is 0 Å². The molecule has 0 radical (unpaired) electrons. The van der Waals surface area contributed by atoms with Crippen molar-refractivity contribution in [3.05, 3.63) is 64.5 Å². The summed E-state index contributed by atoms with van der Waals surface area (Å²) in [7, 11) is 0. The summed E-state index contributed by atoms with van der Waals surface area (Å²) >= 11 is 0. The number of anilines is 1. The Bertz CT molecular complexity index is 1020. The van der Waals surface area contributed by atoms with E-state index in [-0.39, 0.29) is 23.8 Å². The van der Waals surface area contributed by atoms with E-state index in [2.05, 4.69) is 5.32 Å². The van der Waals surface area contributed by atoms with Crippen molar-refractivity contribution < 1.29 is 27.2 Å². The summed E-state index contributed by atoms with van der Waals surface area (Å²) in [5.41, 5.74) is 1.34. The van der Waals surface area contributed by atoms with Gasteiger partial charge in [-0.3, -0.25) is 9.59 Å². The first-order valence-electron chi connectivity index (χ1n) is 10.3. The molecule has 0 atom stereocenters. The first-order chi connectivity index (χ1) is 14.7. The number of carbonyl (C=O) groups is 2. The number of halogens is 4. The number of hydrogen-bond acceptors (Lipinski definition) is 2. The fourth-order valence-electron chi connectivity index (χ4n) is 4.11. The van der Waals surface area contributed by atoms with Crippen molar-refractivity contribution in [2.75, 3.05) is 11.9 Å². The highest BCUT2D eigenvalue weighted by molar-refractivity contribution is 5.93. The average molecular weight is 434 g/mol. The molecule has 0 saturated heterocycles. The van der Waals surface area contributed by atoms with E-state index >= 15 is 0 Å². The van der Waals surface area contributed by atoms with E-state index in [1.165, 1.54) is 0 Å². The van der Waals surface area contributed by atoms with Crippen molar-refractivity contribution in [3.8, 4) is 0 Å². The average Bonchev–Trinajstić information content (AvgIpc) is 2.65. The highest BCUT2D eigenvalue weighted by atomic mass is 19.4. The van der Waals surface area contributed by atoms with Crippen molar-refractivity contribution in [1.29, 1.82) is 0 Å². The van der Waals surface area contributed by atoms with Gasteiger partial charge in [-0.1, -0.05) is 24.6 Å². The lowest BCUT2D eigenvalue weighted by molar-refractivity contribution is -0.140. The first kappa shape index (κ1) is 21.3. The topological polar surface area (TPSA) is 49.4 Å². The maximum atomic E-state index is 13.8. The molecule has 2 aromatic rings. The van der Waals surface area contributed by atoms with Crippen LogP contribution in [0.15, 0.2) is 36.4 Å². The number of rotatable bonds is 4. The van der Waals surface area contributed by atoms with Crippen LogP contribution < -0.4 is 5.32 Å². The molecule has 2 aliphatic rings. The third-order valence-electron chi connectivity index (χ3n) is 6.01. The Balaban J connectivity index is 1.43. The minimum absolute atomic E-state index is 0.133. The first-order valence-corrected chi connectivity index (χ1v) is 10.3. The lowest BCUT2D eigenvalue weighted by atomic mass is 9.83. The van der Waals surface area contributed by atoms with Crippen molar-refractivity contribution in [2.24, 2.45) is 5.92 Å². The molecule has 4 nitrogen and oxygen atoms in total. The fourth-order valence-corrected chi connectivity index (χ4v) is 4.11. The Hall–Kier alpha value is -2.90. The molecule has 1 heterocycles. The molecule has 4 rings (SSSR count). The highest BCUT2D eigenvalue weighted by Gasteiger charge is 2.34. The molecular weight excluding hydrogens is 412 g/mol. The van der Waals surface area contributed by atoms with E-state index in [9.17, 15) is 27.2 Å². The van der Waals surface area contributed by atoms with Crippen molar-refractivity contribution >= 4 is 17.5 Å². The largest absolute Gasteiger partial charge is 0.419 e. The van der Waals surface area contributed by atoms with Gasteiger partial charge in [0, 0.05) is 24.7 Å². The normalized spacial score (nSPS) is 16.5. The molecule has 1 fully saturated rings. The summed E-state index contributed by atoms with van der Waals surface area (Å²) in [5, 5.41) is 2.78. The van der Waals surface area contributed by atoms with Gasteiger partial charge in [0.1, 0.15) is 5.82 Å². The van der Waals surface area contributed by atoms with Crippen molar-refractivity contribution in [3.63, 3.8) is 0 Å². The minimum Gasteiger partial charge on any atom is -0.338 e.